The molecule has 2 aliphatic carbocycles. The largest absolute Gasteiger partial charge is 0.455 e. The molecule has 0 bridgehead atoms. The summed E-state index contributed by atoms with van der Waals surface area (Å²) in [5, 5.41) is 2.10. The minimum Gasteiger partial charge on any atom is -0.455 e. The molecule has 0 saturated heterocycles. The van der Waals surface area contributed by atoms with E-state index in [1.165, 1.54) is 65.5 Å². The van der Waals surface area contributed by atoms with Crippen LogP contribution in [0.5, 0.6) is 0 Å². The molecule has 8 aromatic carbocycles. The lowest BCUT2D eigenvalue weighted by Crippen LogP contribution is -2.28. The number of fused-ring (bicyclic) bond motifs is 8. The molecule has 4 heteroatoms. The molecule has 4 nitrogen and oxygen atoms in total. The van der Waals surface area contributed by atoms with Crippen LogP contribution in [0.4, 0.5) is 0 Å². The highest BCUT2D eigenvalue weighted by Gasteiger charge is 2.45. The van der Waals surface area contributed by atoms with Crippen molar-refractivity contribution in [1.82, 2.24) is 15.0 Å². The van der Waals surface area contributed by atoms with Crippen LogP contribution in [0, 0.1) is 0 Å². The van der Waals surface area contributed by atoms with E-state index in [1.807, 2.05) is 30.3 Å². The monoisotopic (exact) mass is 783 g/mol. The van der Waals surface area contributed by atoms with E-state index in [9.17, 15) is 0 Å². The Bertz CT molecular complexity index is 3300. The van der Waals surface area contributed by atoms with E-state index in [1.54, 1.807) is 0 Å². The second-order valence-electron chi connectivity index (χ2n) is 16.6. The van der Waals surface area contributed by atoms with Gasteiger partial charge in [0.05, 0.1) is 5.56 Å². The zero-order valence-electron chi connectivity index (χ0n) is 33.7. The van der Waals surface area contributed by atoms with Crippen LogP contribution in [0.2, 0.25) is 0 Å². The van der Waals surface area contributed by atoms with Crippen molar-refractivity contribution in [1.29, 1.82) is 0 Å². The SMILES string of the molecule is c1ccc(-c2cccc(-c3nc(-c4cccc(-c5cccc(-c6cccc7c6C6(CCCCC6)c6ccccc6-7)c5)c4)nc(-c4cccc5c4oc4ccccc45)n3)c2)cc1. The maximum absolute atomic E-state index is 6.51. The zero-order chi connectivity index (χ0) is 40.3. The Labute approximate surface area is 355 Å². The van der Waals surface area contributed by atoms with Gasteiger partial charge in [0.15, 0.2) is 17.5 Å². The zero-order valence-corrected chi connectivity index (χ0v) is 33.7. The summed E-state index contributed by atoms with van der Waals surface area (Å²) < 4.78 is 6.51. The quantitative estimate of drug-likeness (QED) is 0.169. The van der Waals surface area contributed by atoms with Gasteiger partial charge in [-0.15, -0.1) is 0 Å². The summed E-state index contributed by atoms with van der Waals surface area (Å²) in [5.41, 5.74) is 17.3. The summed E-state index contributed by atoms with van der Waals surface area (Å²) in [6, 6.07) is 67.1. The van der Waals surface area contributed by atoms with Gasteiger partial charge in [0.1, 0.15) is 11.2 Å². The molecule has 2 aliphatic rings. The molecule has 0 radical (unpaired) electrons. The number of rotatable bonds is 6. The Morgan fingerprint density at radius 3 is 1.64 bits per heavy atom. The Morgan fingerprint density at radius 1 is 0.361 bits per heavy atom. The molecule has 290 valence electrons. The van der Waals surface area contributed by atoms with Crippen molar-refractivity contribution in [2.24, 2.45) is 0 Å². The smallest absolute Gasteiger partial charge is 0.167 e. The van der Waals surface area contributed by atoms with Gasteiger partial charge in [0.25, 0.3) is 0 Å². The predicted molar refractivity (Wildman–Crippen MR) is 249 cm³/mol. The third-order valence-electron chi connectivity index (χ3n) is 13.1. The first-order valence-electron chi connectivity index (χ1n) is 21.5. The van der Waals surface area contributed by atoms with Crippen LogP contribution in [0.1, 0.15) is 43.2 Å². The molecule has 2 heterocycles. The predicted octanol–water partition coefficient (Wildman–Crippen LogP) is 15.0. The fraction of sp³-hybridized carbons (Fsp3) is 0.105. The van der Waals surface area contributed by atoms with Crippen molar-refractivity contribution in [3.63, 3.8) is 0 Å². The number of aromatic nitrogens is 3. The molecular weight excluding hydrogens is 743 g/mol. The van der Waals surface area contributed by atoms with Crippen molar-refractivity contribution >= 4 is 21.9 Å². The first kappa shape index (κ1) is 35.5. The molecule has 0 amide bonds. The molecule has 1 spiro atoms. The lowest BCUT2D eigenvalue weighted by molar-refractivity contribution is 0.353. The van der Waals surface area contributed by atoms with Crippen molar-refractivity contribution in [2.45, 2.75) is 37.5 Å². The molecule has 0 aliphatic heterocycles. The average molecular weight is 784 g/mol. The van der Waals surface area contributed by atoms with Crippen molar-refractivity contribution in [3.8, 4) is 78.7 Å². The molecule has 0 unspecified atom stereocenters. The van der Waals surface area contributed by atoms with Gasteiger partial charge in [0, 0.05) is 27.3 Å². The van der Waals surface area contributed by atoms with Gasteiger partial charge in [-0.25, -0.2) is 15.0 Å². The highest BCUT2D eigenvalue weighted by Crippen LogP contribution is 2.58. The molecule has 2 aromatic heterocycles. The first-order valence-corrected chi connectivity index (χ1v) is 21.5. The van der Waals surface area contributed by atoms with E-state index in [-0.39, 0.29) is 5.41 Å². The number of hydrogen-bond donors (Lipinski definition) is 0. The Hall–Kier alpha value is -7.43. The van der Waals surface area contributed by atoms with Gasteiger partial charge in [0.2, 0.25) is 0 Å². The van der Waals surface area contributed by atoms with E-state index in [0.29, 0.717) is 17.5 Å². The maximum atomic E-state index is 6.51. The fourth-order valence-electron chi connectivity index (χ4n) is 10.3. The topological polar surface area (TPSA) is 51.8 Å². The summed E-state index contributed by atoms with van der Waals surface area (Å²) in [4.78, 5) is 15.6. The van der Waals surface area contributed by atoms with Crippen molar-refractivity contribution < 1.29 is 4.42 Å². The minimum atomic E-state index is 0.0676. The summed E-state index contributed by atoms with van der Waals surface area (Å²) >= 11 is 0. The summed E-state index contributed by atoms with van der Waals surface area (Å²) in [5.74, 6) is 1.78. The maximum Gasteiger partial charge on any atom is 0.167 e. The van der Waals surface area contributed by atoms with E-state index < -0.39 is 0 Å². The lowest BCUT2D eigenvalue weighted by atomic mass is 9.66. The van der Waals surface area contributed by atoms with Crippen LogP contribution in [0.25, 0.3) is 101 Å². The number of para-hydroxylation sites is 2. The Kier molecular flexibility index (Phi) is 8.38. The van der Waals surface area contributed by atoms with E-state index in [0.717, 1.165) is 60.9 Å². The van der Waals surface area contributed by atoms with Crippen LogP contribution in [0.3, 0.4) is 0 Å². The number of nitrogens with zero attached hydrogens (tertiary/aromatic N) is 3. The highest BCUT2D eigenvalue weighted by molar-refractivity contribution is 6.09. The number of furan rings is 1. The first-order chi connectivity index (χ1) is 30.2. The van der Waals surface area contributed by atoms with Crippen molar-refractivity contribution in [3.05, 3.63) is 199 Å². The number of hydrogen-bond acceptors (Lipinski definition) is 4. The lowest BCUT2D eigenvalue weighted by Gasteiger charge is -2.37. The summed E-state index contributed by atoms with van der Waals surface area (Å²) in [7, 11) is 0. The van der Waals surface area contributed by atoms with E-state index in [2.05, 4.69) is 158 Å². The molecule has 1 fully saturated rings. The molecule has 12 rings (SSSR count). The normalized spacial score (nSPS) is 14.0. The summed E-state index contributed by atoms with van der Waals surface area (Å²) in [6.07, 6.45) is 6.25. The third kappa shape index (κ3) is 5.93. The van der Waals surface area contributed by atoms with Gasteiger partial charge < -0.3 is 4.42 Å². The van der Waals surface area contributed by atoms with Gasteiger partial charge in [-0.2, -0.15) is 0 Å². The number of benzene rings is 8. The molecule has 10 aromatic rings. The second-order valence-corrected chi connectivity index (χ2v) is 16.6. The average Bonchev–Trinajstić information content (AvgIpc) is 3.85. The second kappa shape index (κ2) is 14.4. The van der Waals surface area contributed by atoms with Crippen LogP contribution < -0.4 is 0 Å². The molecular formula is C57H41N3O. The van der Waals surface area contributed by atoms with Gasteiger partial charge in [-0.3, -0.25) is 0 Å². The Morgan fingerprint density at radius 2 is 0.869 bits per heavy atom. The van der Waals surface area contributed by atoms with Gasteiger partial charge in [-0.05, 0) is 98.8 Å². The Balaban J connectivity index is 0.987. The molecule has 1 saturated carbocycles. The molecule has 61 heavy (non-hydrogen) atoms. The van der Waals surface area contributed by atoms with Crippen molar-refractivity contribution in [2.75, 3.05) is 0 Å². The standard InChI is InChI=1S/C57H41N3O/c1-3-16-37(17-4-1)38-18-12-22-42(35-38)54-58-55(60-56(59-54)49-29-15-28-48-46-25-6-8-31-51(46)61-53(48)49)43-23-13-20-40(36-43)39-19-11-21-41(34-39)44-26-14-27-47-45-24-5-7-30-50(45)57(52(44)47)32-9-2-10-33-57/h1,3-8,11-31,34-36H,2,9-10,32-33H2. The van der Waals surface area contributed by atoms with Gasteiger partial charge in [-0.1, -0.05) is 177 Å². The van der Waals surface area contributed by atoms with E-state index in [4.69, 9.17) is 19.4 Å². The van der Waals surface area contributed by atoms with Gasteiger partial charge >= 0.3 is 0 Å². The van der Waals surface area contributed by atoms with Crippen LogP contribution in [0.15, 0.2) is 192 Å². The van der Waals surface area contributed by atoms with Crippen LogP contribution in [-0.4, -0.2) is 15.0 Å². The van der Waals surface area contributed by atoms with E-state index >= 15 is 0 Å². The van der Waals surface area contributed by atoms with Crippen LogP contribution >= 0.6 is 0 Å². The minimum absolute atomic E-state index is 0.0676. The highest BCUT2D eigenvalue weighted by atomic mass is 16.3. The summed E-state index contributed by atoms with van der Waals surface area (Å²) in [6.45, 7) is 0. The third-order valence-corrected chi connectivity index (χ3v) is 13.1. The van der Waals surface area contributed by atoms with Crippen LogP contribution in [-0.2, 0) is 5.41 Å². The molecule has 0 N–H and O–H groups in total. The fourth-order valence-corrected chi connectivity index (χ4v) is 10.3. The molecule has 0 atom stereocenters.